The van der Waals surface area contributed by atoms with Gasteiger partial charge in [0.15, 0.2) is 0 Å². The van der Waals surface area contributed by atoms with Gasteiger partial charge in [-0.25, -0.2) is 0 Å². The lowest BCUT2D eigenvalue weighted by molar-refractivity contribution is 0.0573. The summed E-state index contributed by atoms with van der Waals surface area (Å²) in [4.78, 5) is 56.4. The molecule has 164 valence electrons. The standard InChI is InChI=1S/C24H21BrN2O4S/c1-10(2)8-26-21(28)12-5-6-13-17-16(12)18(23(26)30)14-7-15(25)32-20(14)19(17)24(31)27(22(13)29)9-11(3)4/h5-7,10-11H,8-9H2,1-4H3. The van der Waals surface area contributed by atoms with Gasteiger partial charge in [-0.3, -0.25) is 29.0 Å². The number of imide groups is 2. The molecule has 3 aromatic rings. The molecular formula is C24H21BrN2O4S. The minimum Gasteiger partial charge on any atom is -0.274 e. The Balaban J connectivity index is 1.92. The van der Waals surface area contributed by atoms with Gasteiger partial charge >= 0.3 is 0 Å². The molecule has 2 aliphatic heterocycles. The Kier molecular flexibility index (Phi) is 4.80. The number of benzene rings is 2. The maximum Gasteiger partial charge on any atom is 0.262 e. The van der Waals surface area contributed by atoms with Crippen molar-refractivity contribution in [2.24, 2.45) is 11.8 Å². The maximum absolute atomic E-state index is 13.6. The van der Waals surface area contributed by atoms with Crippen LogP contribution in [0.3, 0.4) is 0 Å². The molecule has 3 heterocycles. The van der Waals surface area contributed by atoms with Crippen LogP contribution in [0.1, 0.15) is 69.1 Å². The molecule has 0 saturated carbocycles. The van der Waals surface area contributed by atoms with Crippen molar-refractivity contribution in [3.05, 3.63) is 44.2 Å². The van der Waals surface area contributed by atoms with E-state index in [2.05, 4.69) is 15.9 Å². The zero-order valence-electron chi connectivity index (χ0n) is 18.1. The second kappa shape index (κ2) is 7.22. The summed E-state index contributed by atoms with van der Waals surface area (Å²) < 4.78 is 1.44. The molecule has 0 unspecified atom stereocenters. The zero-order valence-corrected chi connectivity index (χ0v) is 20.5. The fourth-order valence-electron chi connectivity index (χ4n) is 4.69. The van der Waals surface area contributed by atoms with Gasteiger partial charge in [0.1, 0.15) is 0 Å². The van der Waals surface area contributed by atoms with E-state index >= 15 is 0 Å². The van der Waals surface area contributed by atoms with Gasteiger partial charge in [-0.15, -0.1) is 11.3 Å². The van der Waals surface area contributed by atoms with E-state index in [-0.39, 0.29) is 35.5 Å². The van der Waals surface area contributed by atoms with Crippen LogP contribution in [0, 0.1) is 11.8 Å². The van der Waals surface area contributed by atoms with Crippen molar-refractivity contribution >= 4 is 71.8 Å². The summed E-state index contributed by atoms with van der Waals surface area (Å²) in [7, 11) is 0. The average Bonchev–Trinajstić information content (AvgIpc) is 3.10. The van der Waals surface area contributed by atoms with E-state index in [0.717, 1.165) is 3.79 Å². The van der Waals surface area contributed by atoms with Crippen LogP contribution in [0.25, 0.3) is 20.9 Å². The topological polar surface area (TPSA) is 74.8 Å². The van der Waals surface area contributed by atoms with Crippen molar-refractivity contribution in [2.45, 2.75) is 27.7 Å². The molecule has 32 heavy (non-hydrogen) atoms. The normalized spacial score (nSPS) is 16.0. The lowest BCUT2D eigenvalue weighted by Crippen LogP contribution is -2.45. The second-order valence-electron chi connectivity index (χ2n) is 9.18. The summed E-state index contributed by atoms with van der Waals surface area (Å²) in [6, 6.07) is 5.09. The van der Waals surface area contributed by atoms with Crippen LogP contribution in [0.5, 0.6) is 0 Å². The molecule has 0 atom stereocenters. The molecule has 0 bridgehead atoms. The van der Waals surface area contributed by atoms with E-state index in [0.29, 0.717) is 56.2 Å². The van der Waals surface area contributed by atoms with Gasteiger partial charge in [0.2, 0.25) is 0 Å². The van der Waals surface area contributed by atoms with Gasteiger partial charge in [0.25, 0.3) is 23.6 Å². The first-order valence-corrected chi connectivity index (χ1v) is 12.2. The summed E-state index contributed by atoms with van der Waals surface area (Å²) in [5.41, 5.74) is 1.53. The minimum absolute atomic E-state index is 0.106. The first-order valence-electron chi connectivity index (χ1n) is 10.6. The third-order valence-corrected chi connectivity index (χ3v) is 7.52. The molecule has 0 aliphatic carbocycles. The van der Waals surface area contributed by atoms with Gasteiger partial charge in [-0.1, -0.05) is 27.7 Å². The molecule has 0 N–H and O–H groups in total. The molecular weight excluding hydrogens is 492 g/mol. The van der Waals surface area contributed by atoms with Gasteiger partial charge in [-0.2, -0.15) is 0 Å². The molecule has 2 aromatic carbocycles. The first-order chi connectivity index (χ1) is 15.1. The number of fused-ring (bicyclic) bond motifs is 3. The fraction of sp³-hybridized carbons (Fsp3) is 0.333. The number of rotatable bonds is 4. The van der Waals surface area contributed by atoms with Crippen LogP contribution < -0.4 is 0 Å². The number of nitrogens with zero attached hydrogens (tertiary/aromatic N) is 2. The number of amides is 4. The summed E-state index contributed by atoms with van der Waals surface area (Å²) in [5.74, 6) is -1.30. The predicted octanol–water partition coefficient (Wildman–Crippen LogP) is 5.32. The second-order valence-corrected chi connectivity index (χ2v) is 11.6. The van der Waals surface area contributed by atoms with Crippen molar-refractivity contribution in [3.63, 3.8) is 0 Å². The number of hydrogen-bond donors (Lipinski definition) is 0. The molecule has 2 aliphatic rings. The number of carbonyl (C=O) groups is 4. The van der Waals surface area contributed by atoms with Crippen LogP contribution in [-0.4, -0.2) is 46.5 Å². The number of thiophene rings is 1. The quantitative estimate of drug-likeness (QED) is 0.443. The monoisotopic (exact) mass is 512 g/mol. The van der Waals surface area contributed by atoms with Gasteiger partial charge in [-0.05, 0) is 46.0 Å². The highest BCUT2D eigenvalue weighted by Gasteiger charge is 2.42. The Morgan fingerprint density at radius 3 is 1.75 bits per heavy atom. The van der Waals surface area contributed by atoms with Crippen molar-refractivity contribution in [3.8, 4) is 0 Å². The smallest absolute Gasteiger partial charge is 0.262 e. The van der Waals surface area contributed by atoms with Gasteiger partial charge < -0.3 is 0 Å². The summed E-state index contributed by atoms with van der Waals surface area (Å²) in [6.07, 6.45) is 0. The Labute approximate surface area is 197 Å². The molecule has 1 aromatic heterocycles. The third kappa shape index (κ3) is 2.82. The van der Waals surface area contributed by atoms with E-state index in [9.17, 15) is 19.2 Å². The van der Waals surface area contributed by atoms with Crippen LogP contribution in [0.2, 0.25) is 0 Å². The SMILES string of the molecule is CC(C)CN1C(=O)c2ccc3c4c(c5sc(Br)cc5c(c24)C1=O)C(=O)N(CC(C)C)C3=O. The Bertz CT molecular complexity index is 1290. The van der Waals surface area contributed by atoms with Crippen molar-refractivity contribution in [1.29, 1.82) is 0 Å². The van der Waals surface area contributed by atoms with Crippen molar-refractivity contribution < 1.29 is 19.2 Å². The van der Waals surface area contributed by atoms with E-state index in [1.807, 2.05) is 33.8 Å². The average molecular weight is 513 g/mol. The van der Waals surface area contributed by atoms with E-state index < -0.39 is 0 Å². The highest BCUT2D eigenvalue weighted by Crippen LogP contribution is 2.46. The summed E-state index contributed by atoms with van der Waals surface area (Å²) in [6.45, 7) is 8.41. The molecule has 0 fully saturated rings. The first kappa shape index (κ1) is 21.3. The molecule has 0 saturated heterocycles. The third-order valence-electron chi connectivity index (χ3n) is 5.87. The number of hydrogen-bond acceptors (Lipinski definition) is 5. The van der Waals surface area contributed by atoms with Crippen molar-refractivity contribution in [1.82, 2.24) is 9.80 Å². The lowest BCUT2D eigenvalue weighted by atomic mass is 9.84. The molecule has 4 amide bonds. The van der Waals surface area contributed by atoms with E-state index in [4.69, 9.17) is 0 Å². The van der Waals surface area contributed by atoms with Gasteiger partial charge in [0.05, 0.1) is 14.9 Å². The molecule has 6 nitrogen and oxygen atoms in total. The Hall–Kier alpha value is -2.58. The lowest BCUT2D eigenvalue weighted by Gasteiger charge is -2.33. The zero-order chi connectivity index (χ0) is 23.1. The fourth-order valence-corrected chi connectivity index (χ4v) is 6.34. The number of carbonyl (C=O) groups excluding carboxylic acids is 4. The van der Waals surface area contributed by atoms with Crippen LogP contribution in [0.15, 0.2) is 22.0 Å². The summed E-state index contributed by atoms with van der Waals surface area (Å²) in [5, 5.41) is 1.50. The maximum atomic E-state index is 13.6. The molecule has 0 radical (unpaired) electrons. The number of halogens is 1. The predicted molar refractivity (Wildman–Crippen MR) is 127 cm³/mol. The highest BCUT2D eigenvalue weighted by molar-refractivity contribution is 9.11. The molecule has 0 spiro atoms. The minimum atomic E-state index is -0.383. The Morgan fingerprint density at radius 1 is 0.781 bits per heavy atom. The van der Waals surface area contributed by atoms with E-state index in [1.165, 1.54) is 21.1 Å². The molecule has 8 heteroatoms. The molecule has 5 rings (SSSR count). The van der Waals surface area contributed by atoms with E-state index in [1.54, 1.807) is 12.1 Å². The summed E-state index contributed by atoms with van der Waals surface area (Å²) >= 11 is 4.87. The Morgan fingerprint density at radius 2 is 1.25 bits per heavy atom. The van der Waals surface area contributed by atoms with Gasteiger partial charge in [0, 0.05) is 45.1 Å². The van der Waals surface area contributed by atoms with Crippen LogP contribution >= 0.6 is 27.3 Å². The van der Waals surface area contributed by atoms with Crippen LogP contribution in [0.4, 0.5) is 0 Å². The highest BCUT2D eigenvalue weighted by atomic mass is 79.9. The van der Waals surface area contributed by atoms with Crippen LogP contribution in [-0.2, 0) is 0 Å². The largest absolute Gasteiger partial charge is 0.274 e. The van der Waals surface area contributed by atoms with Crippen molar-refractivity contribution in [2.75, 3.05) is 13.1 Å².